The minimum Gasteiger partial charge on any atom is -0.508 e. The van der Waals surface area contributed by atoms with Crippen molar-refractivity contribution in [3.05, 3.63) is 23.8 Å². The molecule has 0 unspecified atom stereocenters. The van der Waals surface area contributed by atoms with Crippen LogP contribution in [-0.2, 0) is 17.3 Å². The summed E-state index contributed by atoms with van der Waals surface area (Å²) in [5.41, 5.74) is 0.858. The highest BCUT2D eigenvalue weighted by molar-refractivity contribution is 7.85. The van der Waals surface area contributed by atoms with Crippen LogP contribution in [0.2, 0.25) is 0 Å². The van der Waals surface area contributed by atoms with Crippen molar-refractivity contribution >= 4 is 10.8 Å². The van der Waals surface area contributed by atoms with Crippen LogP contribution >= 0.6 is 0 Å². The van der Waals surface area contributed by atoms with Gasteiger partial charge in [-0.25, -0.2) is 0 Å². The fourth-order valence-electron chi connectivity index (χ4n) is 1.89. The van der Waals surface area contributed by atoms with Crippen LogP contribution in [0.15, 0.2) is 18.2 Å². The van der Waals surface area contributed by atoms with Crippen LogP contribution in [0.5, 0.6) is 11.5 Å². The highest BCUT2D eigenvalue weighted by atomic mass is 32.2. The van der Waals surface area contributed by atoms with E-state index in [0.717, 1.165) is 35.9 Å². The number of hydrogen-bond acceptors (Lipinski definition) is 4. The largest absolute Gasteiger partial charge is 0.508 e. The van der Waals surface area contributed by atoms with Crippen LogP contribution in [0, 0.1) is 0 Å². The molecule has 2 rings (SSSR count). The lowest BCUT2D eigenvalue weighted by molar-refractivity contribution is 0.286. The van der Waals surface area contributed by atoms with E-state index >= 15 is 0 Å². The molecule has 1 aliphatic rings. The van der Waals surface area contributed by atoms with E-state index in [1.54, 1.807) is 19.2 Å². The molecule has 0 aromatic heterocycles. The Balaban J connectivity index is 2.04. The van der Waals surface area contributed by atoms with Gasteiger partial charge in [0.05, 0.1) is 7.11 Å². The first-order chi connectivity index (χ1) is 8.19. The minimum absolute atomic E-state index is 0.289. The topological polar surface area (TPSA) is 49.8 Å². The fourth-order valence-corrected chi connectivity index (χ4v) is 3.02. The molecule has 5 heteroatoms. The molecule has 1 aromatic rings. The fraction of sp³-hybridized carbons (Fsp3) is 0.500. The van der Waals surface area contributed by atoms with E-state index in [2.05, 4.69) is 4.90 Å². The average Bonchev–Trinajstić information content (AvgIpc) is 2.35. The number of benzene rings is 1. The van der Waals surface area contributed by atoms with E-state index < -0.39 is 10.8 Å². The summed E-state index contributed by atoms with van der Waals surface area (Å²) in [6, 6.07) is 5.24. The maximum absolute atomic E-state index is 11.2. The Bertz CT molecular complexity index is 412. The summed E-state index contributed by atoms with van der Waals surface area (Å²) < 4.78 is 16.4. The maximum Gasteiger partial charge on any atom is 0.120 e. The Labute approximate surface area is 104 Å². The van der Waals surface area contributed by atoms with Crippen LogP contribution in [-0.4, -0.2) is 45.9 Å². The van der Waals surface area contributed by atoms with Gasteiger partial charge >= 0.3 is 0 Å². The van der Waals surface area contributed by atoms with Gasteiger partial charge in [-0.3, -0.25) is 9.11 Å². The number of hydrogen-bond donors (Lipinski definition) is 1. The van der Waals surface area contributed by atoms with Crippen LogP contribution in [0.3, 0.4) is 0 Å². The van der Waals surface area contributed by atoms with Crippen molar-refractivity contribution in [1.82, 2.24) is 4.90 Å². The highest BCUT2D eigenvalue weighted by Gasteiger charge is 2.16. The van der Waals surface area contributed by atoms with Crippen molar-refractivity contribution in [1.29, 1.82) is 0 Å². The molecule has 1 aromatic carbocycles. The molecule has 1 fully saturated rings. The zero-order chi connectivity index (χ0) is 12.3. The second-order valence-electron chi connectivity index (χ2n) is 4.12. The molecular weight excluding hydrogens is 238 g/mol. The lowest BCUT2D eigenvalue weighted by Crippen LogP contribution is -2.37. The van der Waals surface area contributed by atoms with Crippen molar-refractivity contribution in [2.45, 2.75) is 6.54 Å². The zero-order valence-electron chi connectivity index (χ0n) is 9.89. The van der Waals surface area contributed by atoms with Crippen molar-refractivity contribution < 1.29 is 14.1 Å². The molecule has 1 N–H and O–H groups in total. The van der Waals surface area contributed by atoms with Gasteiger partial charge in [-0.1, -0.05) is 0 Å². The molecule has 0 aliphatic carbocycles. The first-order valence-electron chi connectivity index (χ1n) is 5.62. The van der Waals surface area contributed by atoms with Gasteiger partial charge in [-0.15, -0.1) is 0 Å². The molecule has 0 saturated carbocycles. The normalized spacial score (nSPS) is 18.2. The zero-order valence-corrected chi connectivity index (χ0v) is 10.7. The predicted octanol–water partition coefficient (Wildman–Crippen LogP) is 0.965. The number of aromatic hydroxyl groups is 1. The van der Waals surface area contributed by atoms with E-state index in [-0.39, 0.29) is 5.75 Å². The summed E-state index contributed by atoms with van der Waals surface area (Å²) in [6.45, 7) is 2.33. The van der Waals surface area contributed by atoms with E-state index in [0.29, 0.717) is 6.54 Å². The third-order valence-corrected chi connectivity index (χ3v) is 4.23. The monoisotopic (exact) mass is 255 g/mol. The minimum atomic E-state index is -0.659. The third kappa shape index (κ3) is 3.20. The van der Waals surface area contributed by atoms with E-state index in [1.807, 2.05) is 6.07 Å². The van der Waals surface area contributed by atoms with Crippen molar-refractivity contribution in [2.24, 2.45) is 0 Å². The van der Waals surface area contributed by atoms with Gasteiger partial charge in [0.2, 0.25) is 0 Å². The lowest BCUT2D eigenvalue weighted by Gasteiger charge is -2.26. The van der Waals surface area contributed by atoms with Gasteiger partial charge < -0.3 is 9.84 Å². The molecule has 17 heavy (non-hydrogen) atoms. The molecule has 0 radical (unpaired) electrons. The van der Waals surface area contributed by atoms with Gasteiger partial charge in [0.15, 0.2) is 0 Å². The number of rotatable bonds is 3. The molecule has 0 bridgehead atoms. The Morgan fingerprint density at radius 1 is 1.41 bits per heavy atom. The van der Waals surface area contributed by atoms with Crippen molar-refractivity contribution in [2.75, 3.05) is 31.7 Å². The van der Waals surface area contributed by atoms with Gasteiger partial charge in [0.1, 0.15) is 11.5 Å². The second kappa shape index (κ2) is 5.51. The molecule has 0 atom stereocenters. The quantitative estimate of drug-likeness (QED) is 0.874. The van der Waals surface area contributed by atoms with Gasteiger partial charge in [0, 0.05) is 47.5 Å². The smallest absolute Gasteiger partial charge is 0.120 e. The lowest BCUT2D eigenvalue weighted by atomic mass is 10.1. The van der Waals surface area contributed by atoms with Crippen LogP contribution in [0.25, 0.3) is 0 Å². The number of ether oxygens (including phenoxy) is 1. The van der Waals surface area contributed by atoms with E-state index in [9.17, 15) is 9.32 Å². The summed E-state index contributed by atoms with van der Waals surface area (Å²) in [5, 5.41) is 9.77. The van der Waals surface area contributed by atoms with Gasteiger partial charge in [-0.2, -0.15) is 0 Å². The molecular formula is C12H17NO3S. The first-order valence-corrected chi connectivity index (χ1v) is 7.11. The van der Waals surface area contributed by atoms with Gasteiger partial charge in [-0.05, 0) is 18.2 Å². The molecule has 1 heterocycles. The molecule has 0 amide bonds. The highest BCUT2D eigenvalue weighted by Crippen LogP contribution is 2.24. The van der Waals surface area contributed by atoms with Crippen LogP contribution < -0.4 is 4.74 Å². The standard InChI is InChI=1S/C12H17NO3S/c1-16-11-2-3-12(14)10(8-11)9-13-4-6-17(15)7-5-13/h2-3,8,14H,4-7,9H2,1H3. The Hall–Kier alpha value is -1.07. The molecule has 1 saturated heterocycles. The summed E-state index contributed by atoms with van der Waals surface area (Å²) in [7, 11) is 0.952. The third-order valence-electron chi connectivity index (χ3n) is 2.95. The Kier molecular flexibility index (Phi) is 4.02. The van der Waals surface area contributed by atoms with Crippen LogP contribution in [0.4, 0.5) is 0 Å². The predicted molar refractivity (Wildman–Crippen MR) is 67.8 cm³/mol. The Morgan fingerprint density at radius 2 is 2.12 bits per heavy atom. The summed E-state index contributed by atoms with van der Waals surface area (Å²) in [5.74, 6) is 2.49. The summed E-state index contributed by atoms with van der Waals surface area (Å²) in [4.78, 5) is 2.20. The second-order valence-corrected chi connectivity index (χ2v) is 5.82. The average molecular weight is 255 g/mol. The van der Waals surface area contributed by atoms with Crippen molar-refractivity contribution in [3.8, 4) is 11.5 Å². The Morgan fingerprint density at radius 3 is 2.76 bits per heavy atom. The first kappa shape index (κ1) is 12.4. The number of phenols is 1. The number of nitrogens with zero attached hydrogens (tertiary/aromatic N) is 1. The van der Waals surface area contributed by atoms with Crippen LogP contribution in [0.1, 0.15) is 5.56 Å². The summed E-state index contributed by atoms with van der Waals surface area (Å²) >= 11 is 0. The molecule has 0 spiro atoms. The molecule has 4 nitrogen and oxygen atoms in total. The van der Waals surface area contributed by atoms with E-state index in [4.69, 9.17) is 4.74 Å². The molecule has 1 aliphatic heterocycles. The summed E-state index contributed by atoms with van der Waals surface area (Å²) in [6.07, 6.45) is 0. The number of methoxy groups -OCH3 is 1. The van der Waals surface area contributed by atoms with E-state index in [1.165, 1.54) is 0 Å². The number of phenolic OH excluding ortho intramolecular Hbond substituents is 1. The maximum atomic E-state index is 11.2. The van der Waals surface area contributed by atoms with Crippen molar-refractivity contribution in [3.63, 3.8) is 0 Å². The molecule has 94 valence electrons. The SMILES string of the molecule is COc1ccc(O)c(CN2CCS(=O)CC2)c1. The van der Waals surface area contributed by atoms with Gasteiger partial charge in [0.25, 0.3) is 0 Å².